The van der Waals surface area contributed by atoms with Crippen LogP contribution in [0.2, 0.25) is 0 Å². The fraction of sp³-hybridized carbons (Fsp3) is 0.179. The number of Topliss-reactive ketones (excluding diaryl/α,β-unsaturated/α-hetero) is 1. The minimum atomic E-state index is -0.790. The molecule has 3 aromatic carbocycles. The van der Waals surface area contributed by atoms with Crippen LogP contribution in [0, 0.1) is 11.8 Å². The molecule has 0 spiro atoms. The van der Waals surface area contributed by atoms with Gasteiger partial charge in [0, 0.05) is 16.2 Å². The molecule has 2 fully saturated rings. The number of hydrogen-bond donors (Lipinski definition) is 0. The van der Waals surface area contributed by atoms with Crippen molar-refractivity contribution in [3.05, 3.63) is 100 Å². The number of amides is 2. The van der Waals surface area contributed by atoms with Crippen molar-refractivity contribution in [1.29, 1.82) is 0 Å². The van der Waals surface area contributed by atoms with E-state index in [1.807, 2.05) is 53.6 Å². The molecule has 0 aliphatic carbocycles. The smallest absolute Gasteiger partial charge is 0.240 e. The summed E-state index contributed by atoms with van der Waals surface area (Å²) >= 11 is 3.41. The third kappa shape index (κ3) is 3.26. The number of ketones is 1. The number of methoxy groups -OCH3 is 1. The summed E-state index contributed by atoms with van der Waals surface area (Å²) in [4.78, 5) is 44.8. The van der Waals surface area contributed by atoms with Crippen LogP contribution >= 0.6 is 15.9 Å². The summed E-state index contributed by atoms with van der Waals surface area (Å²) in [5.74, 6) is -1.62. The summed E-state index contributed by atoms with van der Waals surface area (Å²) in [6.45, 7) is 0. The second-order valence-corrected chi connectivity index (χ2v) is 9.83. The maximum atomic E-state index is 13.9. The number of carbonyl (C=O) groups is 3. The number of halogens is 1. The number of nitrogens with zero attached hydrogens (tertiary/aromatic N) is 2. The van der Waals surface area contributed by atoms with Crippen LogP contribution < -0.4 is 9.64 Å². The van der Waals surface area contributed by atoms with Crippen LogP contribution in [0.25, 0.3) is 6.08 Å². The topological polar surface area (TPSA) is 66.9 Å². The molecule has 0 N–H and O–H groups in total. The average molecular weight is 529 g/mol. The molecule has 35 heavy (non-hydrogen) atoms. The Hall–Kier alpha value is -3.71. The van der Waals surface area contributed by atoms with Crippen molar-refractivity contribution in [2.45, 2.75) is 12.1 Å². The number of imide groups is 1. The molecule has 3 heterocycles. The van der Waals surface area contributed by atoms with E-state index in [2.05, 4.69) is 15.9 Å². The van der Waals surface area contributed by atoms with E-state index >= 15 is 0 Å². The van der Waals surface area contributed by atoms with Crippen molar-refractivity contribution in [2.24, 2.45) is 11.8 Å². The Morgan fingerprint density at radius 3 is 2.29 bits per heavy atom. The molecule has 4 atom stereocenters. The van der Waals surface area contributed by atoms with Crippen LogP contribution in [-0.2, 0) is 9.59 Å². The molecule has 6 rings (SSSR count). The first kappa shape index (κ1) is 21.8. The summed E-state index contributed by atoms with van der Waals surface area (Å²) in [5, 5.41) is 0. The van der Waals surface area contributed by atoms with Gasteiger partial charge in [-0.3, -0.25) is 14.4 Å². The normalized spacial score (nSPS) is 24.3. The zero-order valence-corrected chi connectivity index (χ0v) is 20.4. The molecule has 0 unspecified atom stereocenters. The standard InChI is InChI=1S/C28H21BrN2O4/c1-35-20-12-10-19(11-13-20)31-27(33)22-23(28(31)34)25(26(32)17-6-8-18(29)9-7-17)30-15-14-16-4-2-3-5-21(16)24(22)30/h2-15,22-25H,1H3/t22-,23+,24-,25+/m0/s1. The van der Waals surface area contributed by atoms with Gasteiger partial charge < -0.3 is 9.64 Å². The van der Waals surface area contributed by atoms with Gasteiger partial charge in [0.2, 0.25) is 11.8 Å². The van der Waals surface area contributed by atoms with Gasteiger partial charge >= 0.3 is 0 Å². The number of anilines is 1. The third-order valence-corrected chi connectivity index (χ3v) is 7.72. The number of rotatable bonds is 4. The van der Waals surface area contributed by atoms with Crippen LogP contribution in [0.5, 0.6) is 5.75 Å². The minimum absolute atomic E-state index is 0.170. The van der Waals surface area contributed by atoms with E-state index in [1.54, 1.807) is 43.5 Å². The van der Waals surface area contributed by atoms with Crippen LogP contribution in [0.1, 0.15) is 27.5 Å². The first-order valence-electron chi connectivity index (χ1n) is 11.4. The molecule has 0 aromatic heterocycles. The quantitative estimate of drug-likeness (QED) is 0.357. The lowest BCUT2D eigenvalue weighted by molar-refractivity contribution is -0.123. The average Bonchev–Trinajstić information content (AvgIpc) is 3.36. The third-order valence-electron chi connectivity index (χ3n) is 7.19. The van der Waals surface area contributed by atoms with E-state index in [0.717, 1.165) is 15.6 Å². The van der Waals surface area contributed by atoms with Crippen LogP contribution in [0.15, 0.2) is 83.5 Å². The maximum absolute atomic E-state index is 13.9. The lowest BCUT2D eigenvalue weighted by Crippen LogP contribution is -2.44. The zero-order chi connectivity index (χ0) is 24.3. The van der Waals surface area contributed by atoms with E-state index < -0.39 is 23.9 Å². The van der Waals surface area contributed by atoms with Gasteiger partial charge in [-0.15, -0.1) is 0 Å². The van der Waals surface area contributed by atoms with E-state index in [-0.39, 0.29) is 17.6 Å². The summed E-state index contributed by atoms with van der Waals surface area (Å²) in [6, 6.07) is 20.6. The Balaban J connectivity index is 1.47. The molecule has 2 saturated heterocycles. The van der Waals surface area contributed by atoms with Crippen molar-refractivity contribution in [2.75, 3.05) is 12.0 Å². The monoisotopic (exact) mass is 528 g/mol. The zero-order valence-electron chi connectivity index (χ0n) is 18.8. The van der Waals surface area contributed by atoms with Crippen molar-refractivity contribution < 1.29 is 19.1 Å². The Morgan fingerprint density at radius 1 is 0.886 bits per heavy atom. The number of hydrogen-bond acceptors (Lipinski definition) is 5. The summed E-state index contributed by atoms with van der Waals surface area (Å²) in [6.07, 6.45) is 3.82. The Bertz CT molecular complexity index is 1380. The van der Waals surface area contributed by atoms with E-state index in [9.17, 15) is 14.4 Å². The molecule has 3 aliphatic heterocycles. The molecule has 3 aliphatic rings. The molecule has 0 radical (unpaired) electrons. The minimum Gasteiger partial charge on any atom is -0.497 e. The lowest BCUT2D eigenvalue weighted by atomic mass is 9.83. The van der Waals surface area contributed by atoms with Crippen molar-refractivity contribution in [3.63, 3.8) is 0 Å². The number of carbonyl (C=O) groups excluding carboxylic acids is 3. The largest absolute Gasteiger partial charge is 0.497 e. The van der Waals surface area contributed by atoms with Crippen molar-refractivity contribution >= 4 is 45.3 Å². The molecule has 0 bridgehead atoms. The molecule has 3 aromatic rings. The maximum Gasteiger partial charge on any atom is 0.240 e. The molecule has 7 heteroatoms. The summed E-state index contributed by atoms with van der Waals surface area (Å²) in [5.41, 5.74) is 2.94. The van der Waals surface area contributed by atoms with Crippen LogP contribution in [-0.4, -0.2) is 35.6 Å². The van der Waals surface area contributed by atoms with Gasteiger partial charge in [-0.25, -0.2) is 4.90 Å². The SMILES string of the molecule is COc1ccc(N2C(=O)[C@@H]3[C@H](C2=O)[C@@H]2c4ccccc4C=CN2[C@H]3C(=O)c2ccc(Br)cc2)cc1. The molecule has 174 valence electrons. The predicted molar refractivity (Wildman–Crippen MR) is 135 cm³/mol. The first-order chi connectivity index (χ1) is 17.0. The molecular weight excluding hydrogens is 508 g/mol. The van der Waals surface area contributed by atoms with E-state index in [0.29, 0.717) is 17.0 Å². The van der Waals surface area contributed by atoms with Crippen molar-refractivity contribution in [1.82, 2.24) is 4.90 Å². The number of benzene rings is 3. The van der Waals surface area contributed by atoms with Gasteiger partial charge in [0.25, 0.3) is 0 Å². The highest BCUT2D eigenvalue weighted by molar-refractivity contribution is 9.10. The predicted octanol–water partition coefficient (Wildman–Crippen LogP) is 4.86. The highest BCUT2D eigenvalue weighted by atomic mass is 79.9. The second kappa shape index (κ2) is 8.20. The van der Waals surface area contributed by atoms with Crippen LogP contribution in [0.3, 0.4) is 0 Å². The number of ether oxygens (including phenoxy) is 1. The highest BCUT2D eigenvalue weighted by Gasteiger charge is 2.64. The van der Waals surface area contributed by atoms with Gasteiger partial charge in [0.05, 0.1) is 30.7 Å². The van der Waals surface area contributed by atoms with E-state index in [4.69, 9.17) is 4.74 Å². The Labute approximate surface area is 210 Å². The van der Waals surface area contributed by atoms with Crippen LogP contribution in [0.4, 0.5) is 5.69 Å². The molecular formula is C28H21BrN2O4. The van der Waals surface area contributed by atoms with E-state index in [1.165, 1.54) is 4.90 Å². The van der Waals surface area contributed by atoms with Gasteiger partial charge in [-0.1, -0.05) is 52.3 Å². The van der Waals surface area contributed by atoms with Gasteiger partial charge in [0.15, 0.2) is 5.78 Å². The first-order valence-corrected chi connectivity index (χ1v) is 12.1. The lowest BCUT2D eigenvalue weighted by Gasteiger charge is -2.35. The number of fused-ring (bicyclic) bond motifs is 5. The summed E-state index contributed by atoms with van der Waals surface area (Å²) in [7, 11) is 1.56. The van der Waals surface area contributed by atoms with Gasteiger partial charge in [-0.2, -0.15) is 0 Å². The van der Waals surface area contributed by atoms with Crippen molar-refractivity contribution in [3.8, 4) is 5.75 Å². The van der Waals surface area contributed by atoms with Gasteiger partial charge in [-0.05, 0) is 53.6 Å². The fourth-order valence-corrected chi connectivity index (χ4v) is 5.89. The molecule has 2 amide bonds. The Morgan fingerprint density at radius 2 is 1.57 bits per heavy atom. The van der Waals surface area contributed by atoms with Gasteiger partial charge in [0.1, 0.15) is 11.8 Å². The second-order valence-electron chi connectivity index (χ2n) is 8.91. The Kier molecular flexibility index (Phi) is 5.11. The summed E-state index contributed by atoms with van der Waals surface area (Å²) < 4.78 is 6.09. The molecule has 0 saturated carbocycles. The highest BCUT2D eigenvalue weighted by Crippen LogP contribution is 2.53. The molecule has 6 nitrogen and oxygen atoms in total. The fourth-order valence-electron chi connectivity index (χ4n) is 5.63.